The van der Waals surface area contributed by atoms with Crippen LogP contribution >= 0.6 is 23.4 Å². The van der Waals surface area contributed by atoms with Crippen LogP contribution in [0.4, 0.5) is 5.69 Å². The summed E-state index contributed by atoms with van der Waals surface area (Å²) in [4.78, 5) is 36.0. The summed E-state index contributed by atoms with van der Waals surface area (Å²) in [7, 11) is 0. The number of carbonyl (C=O) groups excluding carboxylic acids is 2. The third-order valence-corrected chi connectivity index (χ3v) is 5.56. The number of non-ortho nitro benzene ring substituents is 1. The summed E-state index contributed by atoms with van der Waals surface area (Å²) >= 11 is 7.38. The van der Waals surface area contributed by atoms with Crippen molar-refractivity contribution in [3.05, 3.63) is 68.2 Å². The second-order valence-electron chi connectivity index (χ2n) is 6.88. The molecular weight excluding hydrogens is 460 g/mol. The molecule has 0 aliphatic carbocycles. The first-order chi connectivity index (χ1) is 15.4. The van der Waals surface area contributed by atoms with Crippen molar-refractivity contribution < 1.29 is 28.7 Å². The molecule has 11 heteroatoms. The molecule has 1 atom stereocenters. The lowest BCUT2D eigenvalue weighted by molar-refractivity contribution is -0.385. The summed E-state index contributed by atoms with van der Waals surface area (Å²) in [5.74, 6) is -0.0556. The quantitative estimate of drug-likeness (QED) is 0.328. The second kappa shape index (κ2) is 11.2. The normalized spacial score (nSPS) is 13.4. The Morgan fingerprint density at radius 3 is 2.75 bits per heavy atom. The summed E-state index contributed by atoms with van der Waals surface area (Å²) in [5.41, 5.74) is 1.07. The first kappa shape index (κ1) is 23.8. The molecule has 0 bridgehead atoms. The monoisotopic (exact) mass is 480 g/mol. The zero-order valence-electron chi connectivity index (χ0n) is 17.2. The highest BCUT2D eigenvalue weighted by Gasteiger charge is 2.25. The zero-order valence-corrected chi connectivity index (χ0v) is 18.7. The highest BCUT2D eigenvalue weighted by atomic mass is 35.5. The number of nitrogens with zero attached hydrogens (tertiary/aromatic N) is 1. The van der Waals surface area contributed by atoms with Gasteiger partial charge in [-0.1, -0.05) is 11.6 Å². The Hall–Kier alpha value is -2.82. The number of thioether (sulfide) groups is 1. The van der Waals surface area contributed by atoms with Crippen LogP contribution < -0.4 is 10.1 Å². The molecule has 32 heavy (non-hydrogen) atoms. The van der Waals surface area contributed by atoms with E-state index >= 15 is 0 Å². The van der Waals surface area contributed by atoms with Crippen molar-refractivity contribution >= 4 is 40.9 Å². The standard InChI is InChI=1S/C21H21ClN2O7S/c1-32-7-6-18(23-20(25)13-2-4-16(22)5-3-13)21(26)30-11-15-9-17(24(27)28)8-14-10-29-12-31-19(14)15/h2-5,8-9,18H,6-7,10-12H2,1H3,(H,23,25). The summed E-state index contributed by atoms with van der Waals surface area (Å²) in [5, 5.41) is 14.4. The molecule has 3 rings (SSSR count). The smallest absolute Gasteiger partial charge is 0.329 e. The number of rotatable bonds is 9. The summed E-state index contributed by atoms with van der Waals surface area (Å²) in [6, 6.07) is 8.08. The van der Waals surface area contributed by atoms with Gasteiger partial charge in [-0.15, -0.1) is 0 Å². The van der Waals surface area contributed by atoms with E-state index in [0.717, 1.165) is 0 Å². The number of halogens is 1. The molecule has 1 heterocycles. The maximum atomic E-state index is 12.8. The molecule has 1 aliphatic rings. The number of esters is 1. The number of nitro benzene ring substituents is 1. The zero-order chi connectivity index (χ0) is 23.1. The average Bonchev–Trinajstić information content (AvgIpc) is 2.79. The number of nitro groups is 1. The molecule has 0 radical (unpaired) electrons. The molecule has 0 aromatic heterocycles. The van der Waals surface area contributed by atoms with Crippen molar-refractivity contribution in [3.63, 3.8) is 0 Å². The van der Waals surface area contributed by atoms with Crippen LogP contribution in [0.2, 0.25) is 5.02 Å². The predicted molar refractivity (Wildman–Crippen MR) is 119 cm³/mol. The van der Waals surface area contributed by atoms with Gasteiger partial charge in [-0.2, -0.15) is 11.8 Å². The Bertz CT molecular complexity index is 1000. The van der Waals surface area contributed by atoms with Crippen LogP contribution in [0, 0.1) is 10.1 Å². The topological polar surface area (TPSA) is 117 Å². The van der Waals surface area contributed by atoms with E-state index in [0.29, 0.717) is 39.6 Å². The first-order valence-electron chi connectivity index (χ1n) is 9.61. The summed E-state index contributed by atoms with van der Waals surface area (Å²) < 4.78 is 16.1. The van der Waals surface area contributed by atoms with E-state index in [2.05, 4.69) is 5.32 Å². The lowest BCUT2D eigenvalue weighted by Crippen LogP contribution is -2.42. The van der Waals surface area contributed by atoms with Crippen LogP contribution in [0.5, 0.6) is 5.75 Å². The molecule has 170 valence electrons. The van der Waals surface area contributed by atoms with E-state index in [4.69, 9.17) is 25.8 Å². The van der Waals surface area contributed by atoms with Gasteiger partial charge >= 0.3 is 5.97 Å². The predicted octanol–water partition coefficient (Wildman–Crippen LogP) is 3.71. The van der Waals surface area contributed by atoms with Gasteiger partial charge in [0.15, 0.2) is 6.79 Å². The summed E-state index contributed by atoms with van der Waals surface area (Å²) in [6.45, 7) is -0.0832. The van der Waals surface area contributed by atoms with E-state index in [9.17, 15) is 19.7 Å². The average molecular weight is 481 g/mol. The minimum absolute atomic E-state index is 0.000739. The van der Waals surface area contributed by atoms with Gasteiger partial charge in [-0.3, -0.25) is 14.9 Å². The van der Waals surface area contributed by atoms with Gasteiger partial charge in [0.25, 0.3) is 11.6 Å². The highest BCUT2D eigenvalue weighted by Crippen LogP contribution is 2.33. The Labute approximate surface area is 193 Å². The maximum absolute atomic E-state index is 12.8. The summed E-state index contributed by atoms with van der Waals surface area (Å²) in [6.07, 6.45) is 2.24. The number of ether oxygens (including phenoxy) is 3. The second-order valence-corrected chi connectivity index (χ2v) is 8.31. The van der Waals surface area contributed by atoms with E-state index in [1.807, 2.05) is 6.26 Å². The molecule has 0 fully saturated rings. The third kappa shape index (κ3) is 6.12. The number of nitrogens with one attached hydrogen (secondary N) is 1. The first-order valence-corrected chi connectivity index (χ1v) is 11.4. The van der Waals surface area contributed by atoms with Crippen LogP contribution in [0.15, 0.2) is 36.4 Å². The van der Waals surface area contributed by atoms with Crippen LogP contribution in [0.3, 0.4) is 0 Å². The number of carbonyl (C=O) groups is 2. The van der Waals surface area contributed by atoms with E-state index in [-0.39, 0.29) is 25.7 Å². The van der Waals surface area contributed by atoms with Crippen LogP contribution in [-0.2, 0) is 27.5 Å². The van der Waals surface area contributed by atoms with Crippen molar-refractivity contribution in [2.45, 2.75) is 25.7 Å². The van der Waals surface area contributed by atoms with E-state index in [1.54, 1.807) is 24.3 Å². The minimum atomic E-state index is -0.885. The van der Waals surface area contributed by atoms with Crippen LogP contribution in [-0.4, -0.2) is 41.6 Å². The largest absolute Gasteiger partial charge is 0.467 e. The van der Waals surface area contributed by atoms with Crippen molar-refractivity contribution in [3.8, 4) is 5.75 Å². The molecule has 2 aromatic carbocycles. The van der Waals surface area contributed by atoms with E-state index in [1.165, 1.54) is 23.9 Å². The van der Waals surface area contributed by atoms with Gasteiger partial charge < -0.3 is 19.5 Å². The Kier molecular flexibility index (Phi) is 8.32. The fraction of sp³-hybridized carbons (Fsp3) is 0.333. The fourth-order valence-corrected chi connectivity index (χ4v) is 3.67. The SMILES string of the molecule is CSCCC(NC(=O)c1ccc(Cl)cc1)C(=O)OCc1cc([N+](=O)[O-])cc2c1OCOC2. The van der Waals surface area contributed by atoms with Gasteiger partial charge in [-0.05, 0) is 42.7 Å². The van der Waals surface area contributed by atoms with Gasteiger partial charge in [0.05, 0.1) is 11.5 Å². The molecular formula is C21H21ClN2O7S. The molecule has 9 nitrogen and oxygen atoms in total. The lowest BCUT2D eigenvalue weighted by atomic mass is 10.1. The Balaban J connectivity index is 1.72. The number of fused-ring (bicyclic) bond motifs is 1. The van der Waals surface area contributed by atoms with Gasteiger partial charge in [0.2, 0.25) is 0 Å². The van der Waals surface area contributed by atoms with Gasteiger partial charge in [0.1, 0.15) is 18.4 Å². The molecule has 2 aromatic rings. The van der Waals surface area contributed by atoms with Crippen LogP contribution in [0.1, 0.15) is 27.9 Å². The fourth-order valence-electron chi connectivity index (χ4n) is 3.07. The van der Waals surface area contributed by atoms with Crippen molar-refractivity contribution in [1.82, 2.24) is 5.32 Å². The number of benzene rings is 2. The van der Waals surface area contributed by atoms with Crippen molar-refractivity contribution in [2.75, 3.05) is 18.8 Å². The minimum Gasteiger partial charge on any atom is -0.467 e. The molecule has 1 N–H and O–H groups in total. The molecule has 1 amide bonds. The third-order valence-electron chi connectivity index (χ3n) is 4.66. The van der Waals surface area contributed by atoms with Gasteiger partial charge in [-0.25, -0.2) is 4.79 Å². The molecule has 1 aliphatic heterocycles. The highest BCUT2D eigenvalue weighted by molar-refractivity contribution is 7.98. The molecule has 0 saturated carbocycles. The van der Waals surface area contributed by atoms with Crippen molar-refractivity contribution in [1.29, 1.82) is 0 Å². The number of amides is 1. The molecule has 1 unspecified atom stereocenters. The van der Waals surface area contributed by atoms with Crippen molar-refractivity contribution in [2.24, 2.45) is 0 Å². The van der Waals surface area contributed by atoms with Crippen LogP contribution in [0.25, 0.3) is 0 Å². The maximum Gasteiger partial charge on any atom is 0.329 e. The number of hydrogen-bond acceptors (Lipinski definition) is 8. The lowest BCUT2D eigenvalue weighted by Gasteiger charge is -2.21. The Morgan fingerprint density at radius 1 is 1.31 bits per heavy atom. The molecule has 0 saturated heterocycles. The Morgan fingerprint density at radius 2 is 2.06 bits per heavy atom. The number of hydrogen-bond donors (Lipinski definition) is 1. The molecule has 0 spiro atoms. The van der Waals surface area contributed by atoms with E-state index < -0.39 is 22.8 Å². The van der Waals surface area contributed by atoms with Gasteiger partial charge in [0, 0.05) is 33.8 Å².